The van der Waals surface area contributed by atoms with Crippen LogP contribution in [0.3, 0.4) is 0 Å². The number of ether oxygens (including phenoxy) is 1. The molecule has 0 aromatic heterocycles. The second-order valence-electron chi connectivity index (χ2n) is 8.67. The minimum absolute atomic E-state index is 0.567. The Balaban J connectivity index is 1.85. The zero-order chi connectivity index (χ0) is 23.1. The topological polar surface area (TPSA) is 45.7 Å². The molecule has 0 saturated heterocycles. The van der Waals surface area contributed by atoms with Crippen molar-refractivity contribution in [2.24, 2.45) is 5.10 Å². The average Bonchev–Trinajstić information content (AvgIpc) is 2.81. The third kappa shape index (κ3) is 16.1. The lowest BCUT2D eigenvalue weighted by atomic mass is 10.0. The molecule has 2 N–H and O–H groups in total. The van der Waals surface area contributed by atoms with Crippen LogP contribution in [0.5, 0.6) is 5.75 Å². The highest BCUT2D eigenvalue weighted by molar-refractivity contribution is 7.80. The van der Waals surface area contributed by atoms with Crippen molar-refractivity contribution in [1.82, 2.24) is 10.7 Å². The molecule has 0 heterocycles. The summed E-state index contributed by atoms with van der Waals surface area (Å²) in [7, 11) is 1.66. The number of hydrogen-bond acceptors (Lipinski definition) is 3. The molecule has 5 heteroatoms. The number of benzene rings is 1. The number of hydrogen-bond donors (Lipinski definition) is 2. The maximum atomic E-state index is 5.30. The van der Waals surface area contributed by atoms with Crippen molar-refractivity contribution < 1.29 is 4.74 Å². The van der Waals surface area contributed by atoms with Gasteiger partial charge in [0.15, 0.2) is 5.11 Å². The number of hydrazone groups is 1. The second kappa shape index (κ2) is 21.2. The van der Waals surface area contributed by atoms with Gasteiger partial charge in [-0.05, 0) is 30.8 Å². The quantitative estimate of drug-likeness (QED) is 0.0901. The Bertz CT molecular complexity index is 606. The number of nitrogens with zero attached hydrogens (tertiary/aromatic N) is 1. The van der Waals surface area contributed by atoms with Gasteiger partial charge in [-0.1, -0.05) is 115 Å². The summed E-state index contributed by atoms with van der Waals surface area (Å²) in [6.07, 6.45) is 23.9. The highest BCUT2D eigenvalue weighted by Crippen LogP contribution is 2.15. The van der Waals surface area contributed by atoms with E-state index in [4.69, 9.17) is 17.0 Å². The van der Waals surface area contributed by atoms with Gasteiger partial charge in [0.1, 0.15) is 5.75 Å². The largest absolute Gasteiger partial charge is 0.496 e. The SMILES string of the molecule is CCCCCCCCCCCCCCCCCCNC(=S)N/N=C/c1ccccc1OC. The fourth-order valence-electron chi connectivity index (χ4n) is 3.85. The Morgan fingerprint density at radius 2 is 1.31 bits per heavy atom. The van der Waals surface area contributed by atoms with E-state index in [1.165, 1.54) is 96.3 Å². The third-order valence-electron chi connectivity index (χ3n) is 5.82. The Morgan fingerprint density at radius 1 is 0.812 bits per heavy atom. The Hall–Kier alpha value is -1.62. The van der Waals surface area contributed by atoms with E-state index >= 15 is 0 Å². The molecule has 1 aromatic rings. The molecule has 0 radical (unpaired) electrons. The Morgan fingerprint density at radius 3 is 1.84 bits per heavy atom. The van der Waals surface area contributed by atoms with Crippen molar-refractivity contribution in [3.05, 3.63) is 29.8 Å². The molecule has 0 aliphatic heterocycles. The first-order valence-electron chi connectivity index (χ1n) is 13.0. The molecule has 1 rings (SSSR count). The van der Waals surface area contributed by atoms with Crippen molar-refractivity contribution in [1.29, 1.82) is 0 Å². The first kappa shape index (κ1) is 28.4. The van der Waals surface area contributed by atoms with Crippen LogP contribution in [0.15, 0.2) is 29.4 Å². The van der Waals surface area contributed by atoms with Crippen LogP contribution in [0, 0.1) is 0 Å². The first-order valence-corrected chi connectivity index (χ1v) is 13.4. The van der Waals surface area contributed by atoms with E-state index < -0.39 is 0 Å². The van der Waals surface area contributed by atoms with Crippen LogP contribution in [-0.4, -0.2) is 25.0 Å². The lowest BCUT2D eigenvalue weighted by molar-refractivity contribution is 0.414. The highest BCUT2D eigenvalue weighted by atomic mass is 32.1. The lowest BCUT2D eigenvalue weighted by Gasteiger charge is -2.07. The number of thiocarbonyl (C=S) groups is 1. The van der Waals surface area contributed by atoms with Crippen LogP contribution < -0.4 is 15.5 Å². The summed E-state index contributed by atoms with van der Waals surface area (Å²) in [5.74, 6) is 0.796. The molecule has 0 aliphatic rings. The predicted molar refractivity (Wildman–Crippen MR) is 144 cm³/mol. The third-order valence-corrected chi connectivity index (χ3v) is 6.06. The van der Waals surface area contributed by atoms with Crippen LogP contribution in [-0.2, 0) is 0 Å². The van der Waals surface area contributed by atoms with Gasteiger partial charge in [0.05, 0.1) is 13.3 Å². The molecule has 0 aliphatic carbocycles. The van der Waals surface area contributed by atoms with Crippen molar-refractivity contribution >= 4 is 23.5 Å². The summed E-state index contributed by atoms with van der Waals surface area (Å²) in [6, 6.07) is 7.76. The Labute approximate surface area is 203 Å². The lowest BCUT2D eigenvalue weighted by Crippen LogP contribution is -2.32. The molecule has 0 spiro atoms. The van der Waals surface area contributed by atoms with E-state index in [0.29, 0.717) is 5.11 Å². The van der Waals surface area contributed by atoms with Crippen LogP contribution in [0.4, 0.5) is 0 Å². The van der Waals surface area contributed by atoms with E-state index in [1.54, 1.807) is 13.3 Å². The smallest absolute Gasteiger partial charge is 0.186 e. The molecule has 0 atom stereocenters. The molecule has 1 aromatic carbocycles. The van der Waals surface area contributed by atoms with Gasteiger partial charge in [-0.25, -0.2) is 0 Å². The molecule has 4 nitrogen and oxygen atoms in total. The maximum absolute atomic E-state index is 5.30. The normalized spacial score (nSPS) is 11.1. The molecular formula is C27H47N3OS. The molecule has 0 fully saturated rings. The fraction of sp³-hybridized carbons (Fsp3) is 0.704. The number of nitrogens with one attached hydrogen (secondary N) is 2. The van der Waals surface area contributed by atoms with E-state index in [2.05, 4.69) is 22.8 Å². The van der Waals surface area contributed by atoms with Gasteiger partial charge in [0.25, 0.3) is 0 Å². The minimum Gasteiger partial charge on any atom is -0.496 e. The van der Waals surface area contributed by atoms with Crippen LogP contribution >= 0.6 is 12.2 Å². The molecular weight excluding hydrogens is 414 g/mol. The molecule has 182 valence electrons. The summed E-state index contributed by atoms with van der Waals surface area (Å²) in [5, 5.41) is 7.98. The van der Waals surface area contributed by atoms with Crippen LogP contribution in [0.2, 0.25) is 0 Å². The van der Waals surface area contributed by atoms with Gasteiger partial charge in [-0.15, -0.1) is 0 Å². The van der Waals surface area contributed by atoms with Crippen molar-refractivity contribution in [2.75, 3.05) is 13.7 Å². The monoisotopic (exact) mass is 461 g/mol. The van der Waals surface area contributed by atoms with Crippen molar-refractivity contribution in [3.8, 4) is 5.75 Å². The van der Waals surface area contributed by atoms with E-state index in [-0.39, 0.29) is 0 Å². The number of unbranched alkanes of at least 4 members (excludes halogenated alkanes) is 15. The molecule has 32 heavy (non-hydrogen) atoms. The minimum atomic E-state index is 0.567. The summed E-state index contributed by atoms with van der Waals surface area (Å²) >= 11 is 5.27. The predicted octanol–water partition coefficient (Wildman–Crippen LogP) is 7.75. The van der Waals surface area contributed by atoms with E-state index in [0.717, 1.165) is 24.3 Å². The van der Waals surface area contributed by atoms with Gasteiger partial charge < -0.3 is 10.1 Å². The van der Waals surface area contributed by atoms with E-state index in [1.807, 2.05) is 24.3 Å². The van der Waals surface area contributed by atoms with Gasteiger partial charge in [-0.3, -0.25) is 5.43 Å². The summed E-state index contributed by atoms with van der Waals surface area (Å²) < 4.78 is 5.30. The van der Waals surface area contributed by atoms with Gasteiger partial charge >= 0.3 is 0 Å². The standard InChI is InChI=1S/C27H47N3OS/c1-3-4-5-6-7-8-9-10-11-12-13-14-15-16-17-20-23-28-27(32)30-29-24-25-21-18-19-22-26(25)31-2/h18-19,21-22,24H,3-17,20,23H2,1-2H3,(H2,28,30,32)/b29-24+. The zero-order valence-corrected chi connectivity index (χ0v) is 21.5. The van der Waals surface area contributed by atoms with Crippen LogP contribution in [0.1, 0.15) is 115 Å². The second-order valence-corrected chi connectivity index (χ2v) is 9.08. The van der Waals surface area contributed by atoms with Crippen molar-refractivity contribution in [3.63, 3.8) is 0 Å². The summed E-state index contributed by atoms with van der Waals surface area (Å²) in [6.45, 7) is 3.18. The maximum Gasteiger partial charge on any atom is 0.186 e. The first-order chi connectivity index (χ1) is 15.8. The summed E-state index contributed by atoms with van der Waals surface area (Å²) in [4.78, 5) is 0. The zero-order valence-electron chi connectivity index (χ0n) is 20.7. The highest BCUT2D eigenvalue weighted by Gasteiger charge is 1.98. The average molecular weight is 462 g/mol. The molecule has 0 amide bonds. The molecule has 0 bridgehead atoms. The van der Waals surface area contributed by atoms with Gasteiger partial charge in [0, 0.05) is 12.1 Å². The molecule has 0 unspecified atom stereocenters. The Kier molecular flexibility index (Phi) is 18.9. The van der Waals surface area contributed by atoms with Gasteiger partial charge in [-0.2, -0.15) is 5.10 Å². The number of para-hydroxylation sites is 1. The van der Waals surface area contributed by atoms with E-state index in [9.17, 15) is 0 Å². The fourth-order valence-corrected chi connectivity index (χ4v) is 4.00. The van der Waals surface area contributed by atoms with Gasteiger partial charge in [0.2, 0.25) is 0 Å². The molecule has 0 saturated carbocycles. The summed E-state index contributed by atoms with van der Waals surface area (Å²) in [5.41, 5.74) is 3.79. The van der Waals surface area contributed by atoms with Crippen LogP contribution in [0.25, 0.3) is 0 Å². The number of methoxy groups -OCH3 is 1. The number of rotatable bonds is 20. The van der Waals surface area contributed by atoms with Crippen molar-refractivity contribution in [2.45, 2.75) is 110 Å².